The van der Waals surface area contributed by atoms with Gasteiger partial charge in [0.1, 0.15) is 5.60 Å². The highest BCUT2D eigenvalue weighted by atomic mass is 16.5. The number of fused-ring (bicyclic) bond motifs is 1. The molecule has 0 aliphatic carbocycles. The number of likely N-dealkylation sites (tertiary alicyclic amines) is 1. The summed E-state index contributed by atoms with van der Waals surface area (Å²) in [5.41, 5.74) is 2.90. The number of hydrogen-bond donors (Lipinski definition) is 0. The predicted molar refractivity (Wildman–Crippen MR) is 103 cm³/mol. The van der Waals surface area contributed by atoms with Gasteiger partial charge < -0.3 is 14.5 Å². The summed E-state index contributed by atoms with van der Waals surface area (Å²) in [6.45, 7) is 9.37. The van der Waals surface area contributed by atoms with Crippen molar-refractivity contribution in [1.29, 1.82) is 0 Å². The van der Waals surface area contributed by atoms with Crippen LogP contribution in [0.15, 0.2) is 43.0 Å². The van der Waals surface area contributed by atoms with Crippen LogP contribution in [0.2, 0.25) is 0 Å². The van der Waals surface area contributed by atoms with E-state index in [9.17, 15) is 9.59 Å². The molecule has 5 nitrogen and oxygen atoms in total. The largest absolute Gasteiger partial charge is 0.360 e. The summed E-state index contributed by atoms with van der Waals surface area (Å²) in [5, 5.41) is 0. The van der Waals surface area contributed by atoms with Gasteiger partial charge in [0.15, 0.2) is 0 Å². The highest BCUT2D eigenvalue weighted by Gasteiger charge is 2.66. The van der Waals surface area contributed by atoms with E-state index in [0.29, 0.717) is 19.6 Å². The maximum atomic E-state index is 13.2. The second-order valence-electron chi connectivity index (χ2n) is 8.02. The number of carbonyl (C=O) groups is 2. The smallest absolute Gasteiger partial charge is 0.230 e. The molecule has 4 rings (SSSR count). The van der Waals surface area contributed by atoms with Gasteiger partial charge in [-0.05, 0) is 30.5 Å². The summed E-state index contributed by atoms with van der Waals surface area (Å²) >= 11 is 0. The Balaban J connectivity index is 1.58. The van der Waals surface area contributed by atoms with Crippen molar-refractivity contribution in [1.82, 2.24) is 9.80 Å². The molecule has 2 saturated heterocycles. The molecule has 4 atom stereocenters. The molecule has 142 valence electrons. The van der Waals surface area contributed by atoms with E-state index in [1.54, 1.807) is 18.0 Å². The van der Waals surface area contributed by atoms with Gasteiger partial charge in [-0.3, -0.25) is 9.59 Å². The van der Waals surface area contributed by atoms with E-state index in [0.717, 1.165) is 5.56 Å². The first-order valence-corrected chi connectivity index (χ1v) is 9.44. The molecule has 27 heavy (non-hydrogen) atoms. The maximum absolute atomic E-state index is 13.2. The van der Waals surface area contributed by atoms with Crippen molar-refractivity contribution in [2.45, 2.75) is 32.1 Å². The Kier molecular flexibility index (Phi) is 4.22. The van der Waals surface area contributed by atoms with E-state index in [-0.39, 0.29) is 17.9 Å². The zero-order valence-corrected chi connectivity index (χ0v) is 16.1. The lowest BCUT2D eigenvalue weighted by Crippen LogP contribution is -2.44. The van der Waals surface area contributed by atoms with Gasteiger partial charge in [0.05, 0.1) is 24.5 Å². The monoisotopic (exact) mass is 366 g/mol. The molecular formula is C22H26N2O3. The summed E-state index contributed by atoms with van der Waals surface area (Å²) in [4.78, 5) is 29.7. The topological polar surface area (TPSA) is 49.9 Å². The van der Waals surface area contributed by atoms with Gasteiger partial charge in [-0.2, -0.15) is 0 Å². The third-order valence-corrected chi connectivity index (χ3v) is 6.19. The SMILES string of the molecule is C=CCN(C)C(=O)[C@H]1[C@@H]2C=C[C@@]3(CN(Cc4ccc(C)c(C)c4)C(=O)[C@@H]13)O2. The molecule has 2 amide bonds. The minimum Gasteiger partial charge on any atom is -0.360 e. The van der Waals surface area contributed by atoms with Gasteiger partial charge in [-0.1, -0.05) is 36.4 Å². The van der Waals surface area contributed by atoms with Gasteiger partial charge in [0.2, 0.25) is 11.8 Å². The molecule has 2 bridgehead atoms. The van der Waals surface area contributed by atoms with Crippen LogP contribution in [0.5, 0.6) is 0 Å². The van der Waals surface area contributed by atoms with Gasteiger partial charge in [0, 0.05) is 20.1 Å². The first-order chi connectivity index (χ1) is 12.9. The fourth-order valence-corrected chi connectivity index (χ4v) is 4.65. The third kappa shape index (κ3) is 2.72. The molecule has 2 fully saturated rings. The van der Waals surface area contributed by atoms with Crippen molar-refractivity contribution in [2.75, 3.05) is 20.1 Å². The van der Waals surface area contributed by atoms with E-state index in [2.05, 4.69) is 38.6 Å². The Labute approximate surface area is 160 Å². The van der Waals surface area contributed by atoms with Crippen molar-refractivity contribution in [3.63, 3.8) is 0 Å². The van der Waals surface area contributed by atoms with E-state index >= 15 is 0 Å². The van der Waals surface area contributed by atoms with Crippen LogP contribution in [-0.4, -0.2) is 53.5 Å². The summed E-state index contributed by atoms with van der Waals surface area (Å²) in [5.74, 6) is -0.904. The van der Waals surface area contributed by atoms with Crippen molar-refractivity contribution >= 4 is 11.8 Å². The number of likely N-dealkylation sites (N-methyl/N-ethyl adjacent to an activating group) is 1. The molecule has 3 aliphatic heterocycles. The zero-order valence-electron chi connectivity index (χ0n) is 16.1. The van der Waals surface area contributed by atoms with E-state index in [1.807, 2.05) is 17.1 Å². The van der Waals surface area contributed by atoms with Crippen molar-refractivity contribution < 1.29 is 14.3 Å². The molecule has 3 heterocycles. The summed E-state index contributed by atoms with van der Waals surface area (Å²) in [6.07, 6.45) is 5.34. The highest BCUT2D eigenvalue weighted by molar-refractivity contribution is 5.93. The first kappa shape index (κ1) is 18.0. The van der Waals surface area contributed by atoms with Crippen LogP contribution in [0.3, 0.4) is 0 Å². The van der Waals surface area contributed by atoms with Crippen LogP contribution in [-0.2, 0) is 20.9 Å². The molecule has 1 aromatic rings. The number of hydrogen-bond acceptors (Lipinski definition) is 3. The molecule has 1 aromatic carbocycles. The van der Waals surface area contributed by atoms with Gasteiger partial charge in [-0.15, -0.1) is 6.58 Å². The lowest BCUT2D eigenvalue weighted by molar-refractivity contribution is -0.142. The fraction of sp³-hybridized carbons (Fsp3) is 0.455. The number of nitrogens with zero attached hydrogens (tertiary/aromatic N) is 2. The molecule has 0 saturated carbocycles. The molecule has 1 spiro atoms. The van der Waals surface area contributed by atoms with Gasteiger partial charge >= 0.3 is 0 Å². The lowest BCUT2D eigenvalue weighted by atomic mass is 9.76. The minimum absolute atomic E-state index is 0.0189. The Bertz CT molecular complexity index is 846. The van der Waals surface area contributed by atoms with Crippen LogP contribution in [0.25, 0.3) is 0 Å². The molecule has 5 heteroatoms. The Hall–Kier alpha value is -2.40. The van der Waals surface area contributed by atoms with Gasteiger partial charge in [-0.25, -0.2) is 0 Å². The molecule has 3 aliphatic rings. The summed E-state index contributed by atoms with van der Waals surface area (Å²) in [7, 11) is 1.75. The van der Waals surface area contributed by atoms with Crippen LogP contribution in [0.4, 0.5) is 0 Å². The summed E-state index contributed by atoms with van der Waals surface area (Å²) in [6, 6.07) is 6.28. The predicted octanol–water partition coefficient (Wildman–Crippen LogP) is 2.23. The first-order valence-electron chi connectivity index (χ1n) is 9.44. The second kappa shape index (κ2) is 6.34. The van der Waals surface area contributed by atoms with Crippen molar-refractivity contribution in [2.24, 2.45) is 11.8 Å². The normalized spacial score (nSPS) is 30.7. The number of rotatable bonds is 5. The number of aryl methyl sites for hydroxylation is 2. The number of benzene rings is 1. The zero-order chi connectivity index (χ0) is 19.3. The number of amides is 2. The Morgan fingerprint density at radius 2 is 2.19 bits per heavy atom. The Morgan fingerprint density at radius 3 is 2.89 bits per heavy atom. The average Bonchev–Trinajstić information content (AvgIpc) is 3.26. The number of ether oxygens (including phenoxy) is 1. The second-order valence-corrected chi connectivity index (χ2v) is 8.02. The third-order valence-electron chi connectivity index (χ3n) is 6.19. The summed E-state index contributed by atoms with van der Waals surface area (Å²) < 4.78 is 6.18. The quantitative estimate of drug-likeness (QED) is 0.751. The fourth-order valence-electron chi connectivity index (χ4n) is 4.65. The van der Waals surface area contributed by atoms with Crippen molar-refractivity contribution in [3.8, 4) is 0 Å². The molecule has 0 aromatic heterocycles. The minimum atomic E-state index is -0.656. The molecule has 0 unspecified atom stereocenters. The number of carbonyl (C=O) groups excluding carboxylic acids is 2. The van der Waals surface area contributed by atoms with Crippen LogP contribution in [0, 0.1) is 25.7 Å². The van der Waals surface area contributed by atoms with Crippen LogP contribution >= 0.6 is 0 Å². The van der Waals surface area contributed by atoms with Gasteiger partial charge in [0.25, 0.3) is 0 Å². The highest BCUT2D eigenvalue weighted by Crippen LogP contribution is 2.52. The average molecular weight is 366 g/mol. The lowest BCUT2D eigenvalue weighted by Gasteiger charge is -2.27. The maximum Gasteiger partial charge on any atom is 0.230 e. The Morgan fingerprint density at radius 1 is 1.41 bits per heavy atom. The van der Waals surface area contributed by atoms with E-state index in [4.69, 9.17) is 4.74 Å². The van der Waals surface area contributed by atoms with Crippen LogP contribution in [0.1, 0.15) is 16.7 Å². The molecular weight excluding hydrogens is 340 g/mol. The molecule has 0 N–H and O–H groups in total. The van der Waals surface area contributed by atoms with E-state index < -0.39 is 17.4 Å². The molecule has 0 radical (unpaired) electrons. The van der Waals surface area contributed by atoms with Crippen molar-refractivity contribution in [3.05, 3.63) is 59.7 Å². The standard InChI is InChI=1S/C22H26N2O3/c1-5-10-23(4)20(25)18-17-8-9-22(27-17)13-24(21(26)19(18)22)12-16-7-6-14(2)15(3)11-16/h5-9,11,17-19H,1,10,12-13H2,2-4H3/t17-,18-,19+,22-/m0/s1. The van der Waals surface area contributed by atoms with E-state index in [1.165, 1.54) is 11.1 Å². The van der Waals surface area contributed by atoms with Crippen LogP contribution < -0.4 is 0 Å².